The van der Waals surface area contributed by atoms with Crippen molar-refractivity contribution in [2.45, 2.75) is 18.8 Å². The first-order valence-electron chi connectivity index (χ1n) is 11.0. The predicted octanol–water partition coefficient (Wildman–Crippen LogP) is 5.23. The van der Waals surface area contributed by atoms with Crippen molar-refractivity contribution < 1.29 is 4.79 Å². The molecule has 4 aromatic rings. The van der Waals surface area contributed by atoms with Crippen LogP contribution in [0.15, 0.2) is 91.4 Å². The summed E-state index contributed by atoms with van der Waals surface area (Å²) < 4.78 is 0. The molecule has 0 N–H and O–H groups in total. The lowest BCUT2D eigenvalue weighted by Crippen LogP contribution is -2.39. The third-order valence-electron chi connectivity index (χ3n) is 5.96. The number of pyridine rings is 1. The monoisotopic (exact) mass is 420 g/mol. The van der Waals surface area contributed by atoms with Crippen LogP contribution in [0, 0.1) is 0 Å². The first kappa shape index (κ1) is 20.1. The molecule has 3 heterocycles. The second-order valence-electron chi connectivity index (χ2n) is 8.05. The number of carbonyl (C=O) groups is 1. The minimum absolute atomic E-state index is 0.0816. The summed E-state index contributed by atoms with van der Waals surface area (Å²) >= 11 is 0. The molecule has 1 amide bonds. The van der Waals surface area contributed by atoms with Crippen LogP contribution in [0.4, 0.5) is 0 Å². The van der Waals surface area contributed by atoms with Crippen molar-refractivity contribution in [1.29, 1.82) is 0 Å². The highest BCUT2D eigenvalue weighted by Gasteiger charge is 2.28. The average molecular weight is 421 g/mol. The van der Waals surface area contributed by atoms with Gasteiger partial charge in [-0.25, -0.2) is 9.97 Å². The highest BCUT2D eigenvalue weighted by atomic mass is 16.2. The van der Waals surface area contributed by atoms with Crippen molar-refractivity contribution in [2.75, 3.05) is 13.1 Å². The molecule has 158 valence electrons. The smallest absolute Gasteiger partial charge is 0.253 e. The van der Waals surface area contributed by atoms with E-state index < -0.39 is 0 Å². The molecular weight excluding hydrogens is 396 g/mol. The van der Waals surface area contributed by atoms with Gasteiger partial charge in [-0.3, -0.25) is 9.78 Å². The zero-order valence-corrected chi connectivity index (χ0v) is 17.8. The standard InChI is InChI=1S/C27H24N4O/c32-27(22-10-5-2-6-11-22)31-17-7-12-23(19-31)25-24(20-13-15-28-16-14-20)18-29-26(30-25)21-8-3-1-4-9-21/h1-6,8-11,13-16,18,23H,7,12,17,19H2. The molecule has 1 atom stereocenters. The van der Waals surface area contributed by atoms with Crippen molar-refractivity contribution in [1.82, 2.24) is 19.9 Å². The summed E-state index contributed by atoms with van der Waals surface area (Å²) in [4.78, 5) is 28.9. The molecule has 1 aliphatic rings. The summed E-state index contributed by atoms with van der Waals surface area (Å²) in [6, 6.07) is 23.5. The second kappa shape index (κ2) is 9.10. The van der Waals surface area contributed by atoms with Gasteiger partial charge in [0.05, 0.1) is 5.69 Å². The zero-order chi connectivity index (χ0) is 21.8. The largest absolute Gasteiger partial charge is 0.338 e. The highest BCUT2D eigenvalue weighted by Crippen LogP contribution is 2.34. The van der Waals surface area contributed by atoms with E-state index in [0.717, 1.165) is 47.3 Å². The van der Waals surface area contributed by atoms with Crippen LogP contribution < -0.4 is 0 Å². The van der Waals surface area contributed by atoms with Crippen LogP contribution in [0.5, 0.6) is 0 Å². The van der Waals surface area contributed by atoms with E-state index in [1.165, 1.54) is 0 Å². The van der Waals surface area contributed by atoms with Gasteiger partial charge in [-0.05, 0) is 42.7 Å². The fraction of sp³-hybridized carbons (Fsp3) is 0.185. The fourth-order valence-corrected chi connectivity index (χ4v) is 4.33. The molecule has 0 aliphatic carbocycles. The number of hydrogen-bond acceptors (Lipinski definition) is 4. The Kier molecular flexibility index (Phi) is 5.71. The quantitative estimate of drug-likeness (QED) is 0.454. The molecule has 2 aromatic carbocycles. The average Bonchev–Trinajstić information content (AvgIpc) is 2.89. The van der Waals surface area contributed by atoms with Crippen LogP contribution in [-0.2, 0) is 0 Å². The normalized spacial score (nSPS) is 16.0. The highest BCUT2D eigenvalue weighted by molar-refractivity contribution is 5.94. The number of piperidine rings is 1. The fourth-order valence-electron chi connectivity index (χ4n) is 4.33. The third-order valence-corrected chi connectivity index (χ3v) is 5.96. The van der Waals surface area contributed by atoms with Gasteiger partial charge >= 0.3 is 0 Å². The van der Waals surface area contributed by atoms with Gasteiger partial charge in [-0.1, -0.05) is 48.5 Å². The Balaban J connectivity index is 1.52. The maximum absolute atomic E-state index is 13.1. The third kappa shape index (κ3) is 4.14. The summed E-state index contributed by atoms with van der Waals surface area (Å²) in [5.41, 5.74) is 4.76. The molecule has 5 nitrogen and oxygen atoms in total. The lowest BCUT2D eigenvalue weighted by atomic mass is 9.89. The van der Waals surface area contributed by atoms with Crippen molar-refractivity contribution in [3.63, 3.8) is 0 Å². The number of aromatic nitrogens is 3. The van der Waals surface area contributed by atoms with Crippen molar-refractivity contribution >= 4 is 5.91 Å². The van der Waals surface area contributed by atoms with E-state index in [1.807, 2.05) is 83.9 Å². The number of amides is 1. The van der Waals surface area contributed by atoms with E-state index in [4.69, 9.17) is 4.98 Å². The molecule has 0 radical (unpaired) electrons. The van der Waals surface area contributed by atoms with Crippen LogP contribution in [0.25, 0.3) is 22.5 Å². The van der Waals surface area contributed by atoms with Crippen LogP contribution in [0.1, 0.15) is 34.8 Å². The van der Waals surface area contributed by atoms with E-state index >= 15 is 0 Å². The Morgan fingerprint density at radius 3 is 2.34 bits per heavy atom. The van der Waals surface area contributed by atoms with Crippen LogP contribution in [0.2, 0.25) is 0 Å². The van der Waals surface area contributed by atoms with E-state index in [1.54, 1.807) is 12.4 Å². The first-order chi connectivity index (χ1) is 15.8. The lowest BCUT2D eigenvalue weighted by molar-refractivity contribution is 0.0706. The number of benzene rings is 2. The summed E-state index contributed by atoms with van der Waals surface area (Å²) in [7, 11) is 0. The molecule has 1 unspecified atom stereocenters. The molecule has 1 saturated heterocycles. The molecule has 0 saturated carbocycles. The summed E-state index contributed by atoms with van der Waals surface area (Å²) in [5, 5.41) is 0. The number of carbonyl (C=O) groups excluding carboxylic acids is 1. The predicted molar refractivity (Wildman–Crippen MR) is 125 cm³/mol. The van der Waals surface area contributed by atoms with Crippen LogP contribution >= 0.6 is 0 Å². The Morgan fingerprint density at radius 2 is 1.59 bits per heavy atom. The van der Waals surface area contributed by atoms with Gasteiger partial charge < -0.3 is 4.90 Å². The van der Waals surface area contributed by atoms with Gasteiger partial charge in [0.15, 0.2) is 5.82 Å². The summed E-state index contributed by atoms with van der Waals surface area (Å²) in [6.45, 7) is 1.42. The number of rotatable bonds is 4. The Bertz CT molecular complexity index is 1200. The molecule has 0 spiro atoms. The van der Waals surface area contributed by atoms with Gasteiger partial charge in [0.2, 0.25) is 0 Å². The minimum atomic E-state index is 0.0816. The van der Waals surface area contributed by atoms with Gasteiger partial charge in [0.1, 0.15) is 0 Å². The van der Waals surface area contributed by atoms with Crippen molar-refractivity contribution in [3.05, 3.63) is 103 Å². The molecule has 2 aromatic heterocycles. The molecular formula is C27H24N4O. The molecule has 5 heteroatoms. The molecule has 0 bridgehead atoms. The van der Waals surface area contributed by atoms with Gasteiger partial charge in [-0.15, -0.1) is 0 Å². The second-order valence-corrected chi connectivity index (χ2v) is 8.05. The van der Waals surface area contributed by atoms with E-state index in [0.29, 0.717) is 12.4 Å². The minimum Gasteiger partial charge on any atom is -0.338 e. The summed E-state index contributed by atoms with van der Waals surface area (Å²) in [6.07, 6.45) is 7.43. The lowest BCUT2D eigenvalue weighted by Gasteiger charge is -2.33. The van der Waals surface area contributed by atoms with Gasteiger partial charge in [0, 0.05) is 54.3 Å². The maximum atomic E-state index is 13.1. The number of likely N-dealkylation sites (tertiary alicyclic amines) is 1. The summed E-state index contributed by atoms with van der Waals surface area (Å²) in [5.74, 6) is 0.938. The van der Waals surface area contributed by atoms with Crippen LogP contribution in [0.3, 0.4) is 0 Å². The maximum Gasteiger partial charge on any atom is 0.253 e. The van der Waals surface area contributed by atoms with Gasteiger partial charge in [-0.2, -0.15) is 0 Å². The Hall–Kier alpha value is -3.86. The van der Waals surface area contributed by atoms with Gasteiger partial charge in [0.25, 0.3) is 5.91 Å². The molecule has 5 rings (SSSR count). The molecule has 32 heavy (non-hydrogen) atoms. The van der Waals surface area contributed by atoms with E-state index in [9.17, 15) is 4.79 Å². The van der Waals surface area contributed by atoms with Crippen LogP contribution in [-0.4, -0.2) is 38.8 Å². The SMILES string of the molecule is O=C(c1ccccc1)N1CCCC(c2nc(-c3ccccc3)ncc2-c2ccncc2)C1. The van der Waals surface area contributed by atoms with Crippen molar-refractivity contribution in [3.8, 4) is 22.5 Å². The number of nitrogens with zero attached hydrogens (tertiary/aromatic N) is 4. The van der Waals surface area contributed by atoms with E-state index in [-0.39, 0.29) is 11.8 Å². The number of hydrogen-bond donors (Lipinski definition) is 0. The topological polar surface area (TPSA) is 59.0 Å². The molecule has 1 aliphatic heterocycles. The molecule has 1 fully saturated rings. The van der Waals surface area contributed by atoms with E-state index in [2.05, 4.69) is 9.97 Å². The Morgan fingerprint density at radius 1 is 0.875 bits per heavy atom. The Labute approximate surface area is 187 Å². The first-order valence-corrected chi connectivity index (χ1v) is 11.0. The zero-order valence-electron chi connectivity index (χ0n) is 17.8. The van der Waals surface area contributed by atoms with Crippen molar-refractivity contribution in [2.24, 2.45) is 0 Å².